The Bertz CT molecular complexity index is 292. The molecule has 0 aromatic heterocycles. The molecular formula is C10H12O2S. The van der Waals surface area contributed by atoms with Crippen molar-refractivity contribution in [2.75, 3.05) is 0 Å². The molecule has 0 heterocycles. The third-order valence-corrected chi connectivity index (χ3v) is 2.20. The van der Waals surface area contributed by atoms with E-state index in [1.165, 1.54) is 5.56 Å². The highest BCUT2D eigenvalue weighted by Crippen LogP contribution is 2.17. The zero-order chi connectivity index (χ0) is 9.84. The first-order chi connectivity index (χ1) is 6.15. The van der Waals surface area contributed by atoms with Gasteiger partial charge in [0.15, 0.2) is 0 Å². The van der Waals surface area contributed by atoms with Gasteiger partial charge in [-0.15, -0.1) is 0 Å². The molecule has 0 aliphatic rings. The van der Waals surface area contributed by atoms with E-state index in [2.05, 4.69) is 17.1 Å². The summed E-state index contributed by atoms with van der Waals surface area (Å²) >= 11 is 3.48. The van der Waals surface area contributed by atoms with Crippen LogP contribution in [0.2, 0.25) is 0 Å². The molecule has 2 nitrogen and oxygen atoms in total. The first kappa shape index (κ1) is 10.1. The number of hydrogen-bond donors (Lipinski definition) is 1. The van der Waals surface area contributed by atoms with Gasteiger partial charge in [0, 0.05) is 12.9 Å². The van der Waals surface area contributed by atoms with E-state index < -0.39 is 0 Å². The Morgan fingerprint density at radius 2 is 1.92 bits per heavy atom. The molecule has 1 unspecified atom stereocenters. The molecule has 0 radical (unpaired) electrons. The molecule has 0 spiro atoms. The van der Waals surface area contributed by atoms with Gasteiger partial charge in [-0.1, -0.05) is 29.8 Å². The summed E-state index contributed by atoms with van der Waals surface area (Å²) in [5, 5.41) is 0. The Labute approximate surface area is 83.5 Å². The molecular weight excluding hydrogens is 184 g/mol. The molecule has 1 atom stereocenters. The van der Waals surface area contributed by atoms with Crippen molar-refractivity contribution < 1.29 is 8.98 Å². The largest absolute Gasteiger partial charge is 0.394 e. The zero-order valence-electron chi connectivity index (χ0n) is 7.65. The van der Waals surface area contributed by atoms with Gasteiger partial charge in [0.2, 0.25) is 0 Å². The van der Waals surface area contributed by atoms with E-state index in [9.17, 15) is 4.79 Å². The van der Waals surface area contributed by atoms with Gasteiger partial charge in [0.1, 0.15) is 0 Å². The highest BCUT2D eigenvalue weighted by atomic mass is 32.1. The van der Waals surface area contributed by atoms with Gasteiger partial charge in [0.05, 0.1) is 5.92 Å². The Morgan fingerprint density at radius 1 is 1.38 bits per heavy atom. The molecule has 0 bridgehead atoms. The van der Waals surface area contributed by atoms with Crippen LogP contribution in [0, 0.1) is 6.92 Å². The van der Waals surface area contributed by atoms with E-state index in [0.717, 1.165) is 5.56 Å². The predicted molar refractivity (Wildman–Crippen MR) is 54.7 cm³/mol. The van der Waals surface area contributed by atoms with Crippen LogP contribution in [0.1, 0.15) is 24.0 Å². The average molecular weight is 196 g/mol. The van der Waals surface area contributed by atoms with E-state index in [1.54, 1.807) is 6.92 Å². The zero-order valence-corrected chi connectivity index (χ0v) is 8.54. The quantitative estimate of drug-likeness (QED) is 0.581. The molecule has 0 aliphatic carbocycles. The molecule has 0 saturated carbocycles. The summed E-state index contributed by atoms with van der Waals surface area (Å²) in [5.41, 5.74) is 2.12. The number of thiol groups is 1. The second-order valence-corrected chi connectivity index (χ2v) is 3.23. The third kappa shape index (κ3) is 2.49. The minimum Gasteiger partial charge on any atom is -0.394 e. The number of hydrogen-bond acceptors (Lipinski definition) is 3. The van der Waals surface area contributed by atoms with Crippen LogP contribution >= 0.6 is 12.9 Å². The topological polar surface area (TPSA) is 26.3 Å². The minimum atomic E-state index is -0.327. The lowest BCUT2D eigenvalue weighted by Gasteiger charge is -2.08. The number of carbonyl (C=O) groups excluding carboxylic acids is 1. The molecule has 1 aromatic carbocycles. The standard InChI is InChI=1S/C10H12O2S/c1-7-3-5-9(6-4-7)8(2)10(11)12-13/h3-6,8,13H,1-2H3. The van der Waals surface area contributed by atoms with Crippen molar-refractivity contribution >= 4 is 18.9 Å². The van der Waals surface area contributed by atoms with Crippen molar-refractivity contribution in [1.29, 1.82) is 0 Å². The van der Waals surface area contributed by atoms with Crippen molar-refractivity contribution in [3.8, 4) is 0 Å². The molecule has 0 N–H and O–H groups in total. The van der Waals surface area contributed by atoms with Crippen LogP contribution in [0.3, 0.4) is 0 Å². The number of carbonyl (C=O) groups is 1. The van der Waals surface area contributed by atoms with Gasteiger partial charge < -0.3 is 4.18 Å². The highest BCUT2D eigenvalue weighted by Gasteiger charge is 2.15. The fourth-order valence-electron chi connectivity index (χ4n) is 1.07. The molecule has 0 aliphatic heterocycles. The Kier molecular flexibility index (Phi) is 3.37. The fraction of sp³-hybridized carbons (Fsp3) is 0.300. The van der Waals surface area contributed by atoms with Crippen molar-refractivity contribution in [2.45, 2.75) is 19.8 Å². The maximum atomic E-state index is 11.1. The third-order valence-electron chi connectivity index (χ3n) is 2.02. The lowest BCUT2D eigenvalue weighted by Crippen LogP contribution is -2.08. The van der Waals surface area contributed by atoms with Gasteiger partial charge in [-0.3, -0.25) is 4.79 Å². The summed E-state index contributed by atoms with van der Waals surface area (Å²) in [7, 11) is 0. The maximum absolute atomic E-state index is 11.1. The van der Waals surface area contributed by atoms with Crippen LogP contribution in [0.4, 0.5) is 0 Å². The van der Waals surface area contributed by atoms with Crippen LogP contribution in [-0.2, 0) is 8.98 Å². The van der Waals surface area contributed by atoms with Crippen LogP contribution in [0.15, 0.2) is 24.3 Å². The predicted octanol–water partition coefficient (Wildman–Crippen LogP) is 2.49. The van der Waals surface area contributed by atoms with Crippen LogP contribution in [0.25, 0.3) is 0 Å². The molecule has 13 heavy (non-hydrogen) atoms. The molecule has 0 saturated heterocycles. The summed E-state index contributed by atoms with van der Waals surface area (Å²) in [6.45, 7) is 3.80. The number of aryl methyl sites for hydroxylation is 1. The Morgan fingerprint density at radius 3 is 2.38 bits per heavy atom. The van der Waals surface area contributed by atoms with E-state index in [-0.39, 0.29) is 11.9 Å². The Hall–Kier alpha value is -0.960. The van der Waals surface area contributed by atoms with Crippen molar-refractivity contribution in [1.82, 2.24) is 0 Å². The summed E-state index contributed by atoms with van der Waals surface area (Å²) in [4.78, 5) is 11.1. The smallest absolute Gasteiger partial charge is 0.324 e. The molecule has 0 amide bonds. The lowest BCUT2D eigenvalue weighted by molar-refractivity contribution is -0.134. The van der Waals surface area contributed by atoms with E-state index in [1.807, 2.05) is 31.2 Å². The highest BCUT2D eigenvalue weighted by molar-refractivity contribution is 7.75. The summed E-state index contributed by atoms with van der Waals surface area (Å²) in [5.74, 6) is -0.578. The molecule has 1 aromatic rings. The lowest BCUT2D eigenvalue weighted by atomic mass is 10.0. The van der Waals surface area contributed by atoms with Crippen molar-refractivity contribution in [2.24, 2.45) is 0 Å². The number of rotatable bonds is 2. The average Bonchev–Trinajstić information content (AvgIpc) is 2.17. The normalized spacial score (nSPS) is 12.2. The second kappa shape index (κ2) is 4.33. The number of benzene rings is 1. The Balaban J connectivity index is 2.83. The fourth-order valence-corrected chi connectivity index (χ4v) is 1.23. The first-order valence-electron chi connectivity index (χ1n) is 4.07. The van der Waals surface area contributed by atoms with Gasteiger partial charge >= 0.3 is 5.97 Å². The monoisotopic (exact) mass is 196 g/mol. The summed E-state index contributed by atoms with van der Waals surface area (Å²) in [6, 6.07) is 7.78. The van der Waals surface area contributed by atoms with Crippen molar-refractivity contribution in [3.63, 3.8) is 0 Å². The molecule has 0 fully saturated rings. The first-order valence-corrected chi connectivity index (χ1v) is 4.43. The van der Waals surface area contributed by atoms with Crippen LogP contribution in [0.5, 0.6) is 0 Å². The summed E-state index contributed by atoms with van der Waals surface area (Å²) in [6.07, 6.45) is 0. The van der Waals surface area contributed by atoms with E-state index in [0.29, 0.717) is 0 Å². The van der Waals surface area contributed by atoms with Gasteiger partial charge in [0.25, 0.3) is 0 Å². The van der Waals surface area contributed by atoms with Gasteiger partial charge in [-0.05, 0) is 19.4 Å². The molecule has 3 heteroatoms. The van der Waals surface area contributed by atoms with Crippen LogP contribution in [-0.4, -0.2) is 5.97 Å². The van der Waals surface area contributed by atoms with E-state index in [4.69, 9.17) is 0 Å². The van der Waals surface area contributed by atoms with Crippen LogP contribution < -0.4 is 0 Å². The maximum Gasteiger partial charge on any atom is 0.324 e. The molecule has 1 rings (SSSR count). The van der Waals surface area contributed by atoms with Gasteiger partial charge in [-0.2, -0.15) is 0 Å². The van der Waals surface area contributed by atoms with E-state index >= 15 is 0 Å². The van der Waals surface area contributed by atoms with Crippen molar-refractivity contribution in [3.05, 3.63) is 35.4 Å². The SMILES string of the molecule is Cc1ccc(C(C)C(=O)OS)cc1. The minimum absolute atomic E-state index is 0.252. The van der Waals surface area contributed by atoms with Gasteiger partial charge in [-0.25, -0.2) is 0 Å². The molecule has 70 valence electrons. The summed E-state index contributed by atoms with van der Waals surface area (Å²) < 4.78 is 4.35. The second-order valence-electron chi connectivity index (χ2n) is 3.04.